The Morgan fingerprint density at radius 3 is 1.55 bits per heavy atom. The molecule has 0 saturated heterocycles. The highest BCUT2D eigenvalue weighted by molar-refractivity contribution is 5.91. The molecule has 3 rings (SSSR count). The van der Waals surface area contributed by atoms with Crippen LogP contribution in [0.4, 0.5) is 11.4 Å². The minimum atomic E-state index is 0.960. The summed E-state index contributed by atoms with van der Waals surface area (Å²) in [6.07, 6.45) is 0. The molecule has 0 aliphatic heterocycles. The van der Waals surface area contributed by atoms with E-state index in [1.165, 1.54) is 33.2 Å². The fourth-order valence-electron chi connectivity index (χ4n) is 2.97. The zero-order valence-corrected chi connectivity index (χ0v) is 14.1. The summed E-state index contributed by atoms with van der Waals surface area (Å²) in [6.45, 7) is 3.17. The van der Waals surface area contributed by atoms with Gasteiger partial charge in [-0.2, -0.15) is 4.57 Å². The minimum absolute atomic E-state index is 0.960. The van der Waals surface area contributed by atoms with Crippen LogP contribution in [0.1, 0.15) is 6.92 Å². The molecule has 1 aromatic heterocycles. The molecule has 0 bridgehead atoms. The van der Waals surface area contributed by atoms with E-state index in [4.69, 9.17) is 0 Å². The molecule has 0 fully saturated rings. The second-order valence-electron chi connectivity index (χ2n) is 6.16. The lowest BCUT2D eigenvalue weighted by molar-refractivity contribution is -0.641. The molecule has 0 aliphatic rings. The van der Waals surface area contributed by atoms with E-state index in [-0.39, 0.29) is 0 Å². The summed E-state index contributed by atoms with van der Waals surface area (Å²) >= 11 is 0. The van der Waals surface area contributed by atoms with Crippen LogP contribution in [0.2, 0.25) is 0 Å². The van der Waals surface area contributed by atoms with Crippen molar-refractivity contribution in [3.05, 3.63) is 42.5 Å². The highest BCUT2D eigenvalue weighted by atomic mass is 15.1. The van der Waals surface area contributed by atoms with Crippen molar-refractivity contribution in [2.75, 3.05) is 38.0 Å². The molecule has 0 aliphatic carbocycles. The van der Waals surface area contributed by atoms with E-state index in [1.807, 2.05) is 0 Å². The molecule has 0 radical (unpaired) electrons. The second-order valence-corrected chi connectivity index (χ2v) is 6.16. The standard InChI is InChI=1S/C19H24N3/c1-6-22-18-12-16(20(2)3)9-7-14(18)11-15-8-10-17(21(4)5)13-19(15)22/h7-13H,6H2,1-5H3/q+1. The molecule has 2 aromatic carbocycles. The topological polar surface area (TPSA) is 10.4 Å². The van der Waals surface area contributed by atoms with Gasteiger partial charge in [-0.15, -0.1) is 0 Å². The van der Waals surface area contributed by atoms with Gasteiger partial charge >= 0.3 is 0 Å². The smallest absolute Gasteiger partial charge is 0.215 e. The second kappa shape index (κ2) is 5.48. The fraction of sp³-hybridized carbons (Fsp3) is 0.316. The first-order valence-corrected chi connectivity index (χ1v) is 7.76. The molecule has 3 heteroatoms. The van der Waals surface area contributed by atoms with Gasteiger partial charge in [0.25, 0.3) is 0 Å². The third-order valence-corrected chi connectivity index (χ3v) is 4.27. The summed E-state index contributed by atoms with van der Waals surface area (Å²) < 4.78 is 2.41. The SMILES string of the molecule is CC[n+]1c2cc(N(C)C)ccc2cc2ccc(N(C)C)cc21. The van der Waals surface area contributed by atoms with Gasteiger partial charge < -0.3 is 9.80 Å². The molecule has 0 N–H and O–H groups in total. The van der Waals surface area contributed by atoms with Gasteiger partial charge in [0.2, 0.25) is 11.0 Å². The highest BCUT2D eigenvalue weighted by Gasteiger charge is 2.15. The van der Waals surface area contributed by atoms with E-state index in [0.29, 0.717) is 0 Å². The number of anilines is 2. The summed E-state index contributed by atoms with van der Waals surface area (Å²) in [5.41, 5.74) is 5.05. The fourth-order valence-corrected chi connectivity index (χ4v) is 2.97. The number of nitrogens with zero attached hydrogens (tertiary/aromatic N) is 3. The number of aromatic nitrogens is 1. The summed E-state index contributed by atoms with van der Waals surface area (Å²) in [4.78, 5) is 4.31. The highest BCUT2D eigenvalue weighted by Crippen LogP contribution is 2.25. The largest absolute Gasteiger partial charge is 0.377 e. The van der Waals surface area contributed by atoms with Crippen molar-refractivity contribution >= 4 is 33.2 Å². The molecule has 3 aromatic rings. The molecule has 3 nitrogen and oxygen atoms in total. The van der Waals surface area contributed by atoms with Crippen LogP contribution in [0.3, 0.4) is 0 Å². The number of rotatable bonds is 3. The Morgan fingerprint density at radius 2 is 1.18 bits per heavy atom. The van der Waals surface area contributed by atoms with Gasteiger partial charge in [0.15, 0.2) is 0 Å². The summed E-state index contributed by atoms with van der Waals surface area (Å²) in [7, 11) is 8.34. The lowest BCUT2D eigenvalue weighted by Crippen LogP contribution is -2.34. The van der Waals surface area contributed by atoms with Gasteiger partial charge in [0.05, 0.1) is 0 Å². The van der Waals surface area contributed by atoms with Crippen molar-refractivity contribution in [3.8, 4) is 0 Å². The normalized spacial score (nSPS) is 11.1. The van der Waals surface area contributed by atoms with E-state index in [0.717, 1.165) is 6.54 Å². The summed E-state index contributed by atoms with van der Waals surface area (Å²) in [5, 5.41) is 2.58. The molecular formula is C19H24N3+. The van der Waals surface area contributed by atoms with E-state index < -0.39 is 0 Å². The predicted octanol–water partition coefficient (Wildman–Crippen LogP) is 3.43. The van der Waals surface area contributed by atoms with Crippen molar-refractivity contribution in [2.45, 2.75) is 13.5 Å². The number of hydrogen-bond acceptors (Lipinski definition) is 2. The lowest BCUT2D eigenvalue weighted by Gasteiger charge is -2.14. The van der Waals surface area contributed by atoms with Crippen LogP contribution in [0.15, 0.2) is 42.5 Å². The van der Waals surface area contributed by atoms with Crippen molar-refractivity contribution in [2.24, 2.45) is 0 Å². The monoisotopic (exact) mass is 294 g/mol. The van der Waals surface area contributed by atoms with Crippen LogP contribution in [-0.4, -0.2) is 28.2 Å². The van der Waals surface area contributed by atoms with Gasteiger partial charge in [-0.05, 0) is 37.3 Å². The Bertz CT molecular complexity index is 769. The third-order valence-electron chi connectivity index (χ3n) is 4.27. The number of fused-ring (bicyclic) bond motifs is 2. The molecule has 114 valence electrons. The van der Waals surface area contributed by atoms with Crippen LogP contribution in [-0.2, 0) is 6.54 Å². The zero-order chi connectivity index (χ0) is 15.9. The molecule has 22 heavy (non-hydrogen) atoms. The number of aryl methyl sites for hydroxylation is 1. The van der Waals surface area contributed by atoms with Crippen LogP contribution in [0.5, 0.6) is 0 Å². The molecule has 0 spiro atoms. The molecular weight excluding hydrogens is 270 g/mol. The van der Waals surface area contributed by atoms with E-state index in [9.17, 15) is 0 Å². The first kappa shape index (κ1) is 14.6. The van der Waals surface area contributed by atoms with Crippen molar-refractivity contribution in [3.63, 3.8) is 0 Å². The van der Waals surface area contributed by atoms with Gasteiger partial charge in [-0.1, -0.05) is 0 Å². The Labute approximate surface area is 132 Å². The molecule has 0 saturated carbocycles. The van der Waals surface area contributed by atoms with Crippen LogP contribution < -0.4 is 14.4 Å². The van der Waals surface area contributed by atoms with Crippen molar-refractivity contribution < 1.29 is 4.57 Å². The molecule has 0 atom stereocenters. The Morgan fingerprint density at radius 1 is 0.727 bits per heavy atom. The predicted molar refractivity (Wildman–Crippen MR) is 96.0 cm³/mol. The maximum atomic E-state index is 2.41. The molecule has 0 amide bonds. The average Bonchev–Trinajstić information content (AvgIpc) is 2.51. The maximum Gasteiger partial charge on any atom is 0.215 e. The average molecular weight is 294 g/mol. The van der Waals surface area contributed by atoms with Crippen molar-refractivity contribution in [1.29, 1.82) is 0 Å². The maximum absolute atomic E-state index is 2.41. The third kappa shape index (κ3) is 2.37. The lowest BCUT2D eigenvalue weighted by atomic mass is 10.1. The summed E-state index contributed by atoms with van der Waals surface area (Å²) in [6, 6.07) is 15.6. The first-order chi connectivity index (χ1) is 10.5. The van der Waals surface area contributed by atoms with Crippen LogP contribution >= 0.6 is 0 Å². The quantitative estimate of drug-likeness (QED) is 0.541. The Hall–Kier alpha value is -2.29. The Balaban J connectivity index is 2.37. The van der Waals surface area contributed by atoms with Gasteiger partial charge in [0.1, 0.15) is 6.54 Å². The van der Waals surface area contributed by atoms with Crippen LogP contribution in [0.25, 0.3) is 21.8 Å². The molecule has 1 heterocycles. The van der Waals surface area contributed by atoms with E-state index in [1.54, 1.807) is 0 Å². The summed E-state index contributed by atoms with van der Waals surface area (Å²) in [5.74, 6) is 0. The van der Waals surface area contributed by atoms with E-state index >= 15 is 0 Å². The van der Waals surface area contributed by atoms with Crippen molar-refractivity contribution in [1.82, 2.24) is 0 Å². The van der Waals surface area contributed by atoms with Gasteiger partial charge in [0, 0.05) is 62.5 Å². The molecule has 0 unspecified atom stereocenters. The Kier molecular flexibility index (Phi) is 3.65. The van der Waals surface area contributed by atoms with Gasteiger partial charge in [-0.25, -0.2) is 0 Å². The first-order valence-electron chi connectivity index (χ1n) is 7.76. The van der Waals surface area contributed by atoms with Crippen LogP contribution in [0, 0.1) is 0 Å². The minimum Gasteiger partial charge on any atom is -0.377 e. The number of benzene rings is 2. The number of pyridine rings is 1. The number of hydrogen-bond donors (Lipinski definition) is 0. The van der Waals surface area contributed by atoms with Gasteiger partial charge in [-0.3, -0.25) is 0 Å². The van der Waals surface area contributed by atoms with E-state index in [2.05, 4.69) is 91.9 Å². The zero-order valence-electron chi connectivity index (χ0n) is 14.1.